The molecule has 0 aromatic heterocycles. The van der Waals surface area contributed by atoms with Crippen LogP contribution in [0.4, 0.5) is 0 Å². The van der Waals surface area contributed by atoms with E-state index in [1.54, 1.807) is 0 Å². The van der Waals surface area contributed by atoms with Crippen LogP contribution >= 0.6 is 0 Å². The summed E-state index contributed by atoms with van der Waals surface area (Å²) in [6, 6.07) is 0. The third-order valence-corrected chi connectivity index (χ3v) is 0.474. The van der Waals surface area contributed by atoms with Gasteiger partial charge in [0.15, 0.2) is 0 Å². The summed E-state index contributed by atoms with van der Waals surface area (Å²) in [5.41, 5.74) is 0. The zero-order valence-electron chi connectivity index (χ0n) is 4.00. The standard InChI is InChI=1S/C4H5.3V/c1-3-4-2;;;/h1,3H,2H3;;;/q-1;;;. The maximum atomic E-state index is 2.82. The topological polar surface area (TPSA) is 0 Å². The molecule has 0 spiro atoms. The Hall–Kier alpha value is 1.36. The van der Waals surface area contributed by atoms with Crippen molar-refractivity contribution in [3.63, 3.8) is 0 Å². The molecule has 0 radical (unpaired) electrons. The van der Waals surface area contributed by atoms with Crippen LogP contribution in [0.15, 0.2) is 6.08 Å². The van der Waals surface area contributed by atoms with Gasteiger partial charge in [0, 0.05) is 0 Å². The van der Waals surface area contributed by atoms with E-state index in [-0.39, 0.29) is 0 Å². The van der Waals surface area contributed by atoms with E-state index in [0.717, 1.165) is 0 Å². The molecule has 37 valence electrons. The van der Waals surface area contributed by atoms with Crippen LogP contribution in [0.5, 0.6) is 0 Å². The van der Waals surface area contributed by atoms with Gasteiger partial charge >= 0.3 is 70.0 Å². The SMILES string of the molecule is C[C-]=C[CH]=[V].[V]=[V]. The van der Waals surface area contributed by atoms with Crippen molar-refractivity contribution >= 4 is 4.73 Å². The molecule has 0 amide bonds. The second-order valence-corrected chi connectivity index (χ2v) is 1.07. The van der Waals surface area contributed by atoms with Gasteiger partial charge in [-0.05, 0) is 0 Å². The van der Waals surface area contributed by atoms with Crippen molar-refractivity contribution in [3.8, 4) is 0 Å². The molecule has 3 heteroatoms. The third-order valence-electron chi connectivity index (χ3n) is 0.241. The Labute approximate surface area is 69.5 Å². The molecule has 0 aliphatic carbocycles. The summed E-state index contributed by atoms with van der Waals surface area (Å²) in [4.78, 5) is 0. The monoisotopic (exact) mass is 206 g/mol. The summed E-state index contributed by atoms with van der Waals surface area (Å²) in [5.74, 6) is 0. The molecule has 0 rings (SSSR count). The number of hydrogen-bond donors (Lipinski definition) is 0. The van der Waals surface area contributed by atoms with Crippen molar-refractivity contribution in [2.45, 2.75) is 6.92 Å². The van der Waals surface area contributed by atoms with Gasteiger partial charge in [0.25, 0.3) is 0 Å². The molecule has 0 aliphatic rings. The van der Waals surface area contributed by atoms with Gasteiger partial charge in [-0.15, -0.1) is 0 Å². The average molecular weight is 206 g/mol. The summed E-state index contributed by atoms with van der Waals surface area (Å²) in [6.45, 7) is 1.86. The first kappa shape index (κ1) is 11.2. The van der Waals surface area contributed by atoms with Crippen LogP contribution < -0.4 is 0 Å². The average Bonchev–Trinajstić information content (AvgIpc) is 1.75. The van der Waals surface area contributed by atoms with Gasteiger partial charge in [-0.2, -0.15) is 0 Å². The van der Waals surface area contributed by atoms with E-state index in [9.17, 15) is 0 Å². The van der Waals surface area contributed by atoms with Crippen molar-refractivity contribution in [1.82, 2.24) is 0 Å². The summed E-state index contributed by atoms with van der Waals surface area (Å²) < 4.78 is 1.88. The molecule has 0 heterocycles. The van der Waals surface area contributed by atoms with Gasteiger partial charge in [0.05, 0.1) is 0 Å². The first-order chi connectivity index (χ1) is 3.41. The molecular formula is C4H5V3-. The third kappa shape index (κ3) is 18.7. The first-order valence-electron chi connectivity index (χ1n) is 1.58. The van der Waals surface area contributed by atoms with Crippen LogP contribution in [-0.4, -0.2) is 4.73 Å². The van der Waals surface area contributed by atoms with E-state index in [4.69, 9.17) is 0 Å². The van der Waals surface area contributed by atoms with Gasteiger partial charge in [-0.1, -0.05) is 0 Å². The molecule has 0 aromatic carbocycles. The Morgan fingerprint density at radius 2 is 1.86 bits per heavy atom. The molecule has 0 fully saturated rings. The van der Waals surface area contributed by atoms with Crippen molar-refractivity contribution in [2.24, 2.45) is 0 Å². The number of allylic oxidation sites excluding steroid dienone is 2. The quantitative estimate of drug-likeness (QED) is 0.554. The fourth-order valence-electron chi connectivity index (χ4n) is 0.0745. The van der Waals surface area contributed by atoms with Crippen molar-refractivity contribution < 1.29 is 46.2 Å². The van der Waals surface area contributed by atoms with Crippen LogP contribution in [0, 0.1) is 6.08 Å². The minimum absolute atomic E-state index is 1.85. The van der Waals surface area contributed by atoms with Crippen molar-refractivity contribution in [3.05, 3.63) is 12.2 Å². The molecule has 0 bridgehead atoms. The fraction of sp³-hybridized carbons (Fsp3) is 0.250. The molecule has 0 saturated carbocycles. The van der Waals surface area contributed by atoms with Crippen molar-refractivity contribution in [1.29, 1.82) is 0 Å². The van der Waals surface area contributed by atoms with Crippen molar-refractivity contribution in [2.75, 3.05) is 0 Å². The van der Waals surface area contributed by atoms with Gasteiger partial charge in [0.2, 0.25) is 0 Å². The Bertz CT molecular complexity index is 58.0. The van der Waals surface area contributed by atoms with Gasteiger partial charge in [0.1, 0.15) is 0 Å². The Morgan fingerprint density at radius 1 is 1.43 bits per heavy atom. The Morgan fingerprint density at radius 3 is 1.86 bits per heavy atom. The van der Waals surface area contributed by atoms with E-state index in [1.165, 1.54) is 0 Å². The Balaban J connectivity index is 0. The van der Waals surface area contributed by atoms with E-state index >= 15 is 0 Å². The van der Waals surface area contributed by atoms with E-state index < -0.39 is 0 Å². The fourth-order valence-corrected chi connectivity index (χ4v) is 0.307. The molecule has 0 saturated heterocycles. The van der Waals surface area contributed by atoms with Crippen LogP contribution in [0.1, 0.15) is 6.92 Å². The Kier molecular flexibility index (Phi) is 25.1. The second-order valence-electron chi connectivity index (χ2n) is 0.604. The van der Waals surface area contributed by atoms with Gasteiger partial charge in [-0.3, -0.25) is 0 Å². The molecule has 0 atom stereocenters. The zero-order valence-corrected chi connectivity index (χ0v) is 8.19. The van der Waals surface area contributed by atoms with E-state index in [1.807, 2.05) is 17.7 Å². The molecular weight excluding hydrogens is 201 g/mol. The van der Waals surface area contributed by atoms with Crippen LogP contribution in [0.3, 0.4) is 0 Å². The first-order valence-corrected chi connectivity index (χ1v) is 5.59. The maximum absolute atomic E-state index is 2.82. The van der Waals surface area contributed by atoms with Crippen LogP contribution in [0.25, 0.3) is 0 Å². The summed E-state index contributed by atoms with van der Waals surface area (Å²) in [7, 11) is 0. The van der Waals surface area contributed by atoms with Gasteiger partial charge in [-0.25, -0.2) is 0 Å². The number of rotatable bonds is 1. The normalized spacial score (nSPS) is 6.57. The molecule has 0 aromatic rings. The summed E-state index contributed by atoms with van der Waals surface area (Å²) in [6.07, 6.45) is 4.67. The predicted molar refractivity (Wildman–Crippen MR) is 19.6 cm³/mol. The van der Waals surface area contributed by atoms with Gasteiger partial charge < -0.3 is 0 Å². The minimum atomic E-state index is 1.85. The molecule has 0 nitrogen and oxygen atoms in total. The van der Waals surface area contributed by atoms with Crippen LogP contribution in [0.2, 0.25) is 0 Å². The molecule has 0 N–H and O–H groups in total. The predicted octanol–water partition coefficient (Wildman–Crippen LogP) is 0.710. The number of hydrogen-bond acceptors (Lipinski definition) is 0. The van der Waals surface area contributed by atoms with E-state index in [2.05, 4.69) is 52.3 Å². The second kappa shape index (κ2) is 15.7. The zero-order chi connectivity index (χ0) is 6.12. The summed E-state index contributed by atoms with van der Waals surface area (Å²) in [5, 5.41) is 0. The van der Waals surface area contributed by atoms with E-state index in [0.29, 0.717) is 0 Å². The van der Waals surface area contributed by atoms with Crippen LogP contribution in [-0.2, 0) is 46.2 Å². The molecule has 0 aliphatic heterocycles. The summed E-state index contributed by atoms with van der Waals surface area (Å²) >= 11 is 6.83. The molecule has 0 unspecified atom stereocenters. The molecule has 7 heavy (non-hydrogen) atoms.